The van der Waals surface area contributed by atoms with E-state index in [0.717, 1.165) is 24.1 Å². The van der Waals surface area contributed by atoms with E-state index in [1.165, 1.54) is 11.9 Å². The van der Waals surface area contributed by atoms with Crippen LogP contribution in [0.3, 0.4) is 0 Å². The predicted molar refractivity (Wildman–Crippen MR) is 96.5 cm³/mol. The van der Waals surface area contributed by atoms with E-state index >= 15 is 0 Å². The zero-order valence-corrected chi connectivity index (χ0v) is 14.9. The molecule has 2 N–H and O–H groups in total. The summed E-state index contributed by atoms with van der Waals surface area (Å²) in [4.78, 5) is 41.2. The van der Waals surface area contributed by atoms with Gasteiger partial charge in [0.05, 0.1) is 0 Å². The van der Waals surface area contributed by atoms with Crippen molar-refractivity contribution in [1.29, 1.82) is 0 Å². The normalized spacial score (nSPS) is 14.6. The number of Topliss-reactive ketones (excluding diaryl/α,β-unsaturated/α-hetero) is 1. The Morgan fingerprint density at radius 1 is 1.23 bits per heavy atom. The minimum absolute atomic E-state index is 0.0424. The molecule has 2 aromatic rings. The highest BCUT2D eigenvalue weighted by Crippen LogP contribution is 2.27. The Hall–Kier alpha value is -2.89. The van der Waals surface area contributed by atoms with Crippen LogP contribution in [0, 0.1) is 6.92 Å². The topological polar surface area (TPSA) is 90.5 Å². The zero-order valence-electron chi connectivity index (χ0n) is 14.9. The highest BCUT2D eigenvalue weighted by Gasteiger charge is 2.32. The molecule has 3 rings (SSSR count). The second-order valence-electron chi connectivity index (χ2n) is 6.72. The van der Waals surface area contributed by atoms with Crippen LogP contribution >= 0.6 is 0 Å². The van der Waals surface area contributed by atoms with Crippen molar-refractivity contribution in [1.82, 2.24) is 9.88 Å². The van der Waals surface area contributed by atoms with Crippen LogP contribution in [0.2, 0.25) is 0 Å². The molecule has 1 aromatic carbocycles. The summed E-state index contributed by atoms with van der Waals surface area (Å²) in [6, 6.07) is 8.23. The number of aryl methyl sites for hydroxylation is 1. The number of carbonyl (C=O) groups excluding carboxylic acids is 2. The van der Waals surface area contributed by atoms with E-state index in [1.807, 2.05) is 30.3 Å². The molecule has 6 nitrogen and oxygen atoms in total. The summed E-state index contributed by atoms with van der Waals surface area (Å²) in [7, 11) is 1.49. The van der Waals surface area contributed by atoms with Crippen molar-refractivity contribution in [3.8, 4) is 0 Å². The van der Waals surface area contributed by atoms with Gasteiger partial charge in [-0.2, -0.15) is 0 Å². The van der Waals surface area contributed by atoms with Gasteiger partial charge in [-0.15, -0.1) is 0 Å². The number of amides is 1. The average Bonchev–Trinajstić information content (AvgIpc) is 2.97. The number of carbonyl (C=O) groups is 3. The fourth-order valence-corrected chi connectivity index (χ4v) is 3.53. The first-order valence-electron chi connectivity index (χ1n) is 8.68. The van der Waals surface area contributed by atoms with Crippen molar-refractivity contribution in [3.63, 3.8) is 0 Å². The van der Waals surface area contributed by atoms with Crippen LogP contribution in [0.15, 0.2) is 30.3 Å². The van der Waals surface area contributed by atoms with E-state index in [0.29, 0.717) is 23.2 Å². The number of benzene rings is 1. The number of fused-ring (bicyclic) bond motifs is 1. The third-order valence-electron chi connectivity index (χ3n) is 5.00. The molecule has 1 aliphatic carbocycles. The molecular weight excluding hydrogens is 332 g/mol. The molecule has 0 spiro atoms. The molecule has 1 unspecified atom stereocenters. The second-order valence-corrected chi connectivity index (χ2v) is 6.72. The Labute approximate surface area is 151 Å². The molecule has 1 amide bonds. The zero-order chi connectivity index (χ0) is 18.8. The molecule has 0 radical (unpaired) electrons. The number of nitrogens with one attached hydrogen (secondary N) is 1. The Kier molecular flexibility index (Phi) is 4.93. The standard InChI is InChI=1S/C20H22N2O4/c1-12-17-14(9-6-10-16(17)23)21-18(12)19(24)22(2)15(20(25)26)11-13-7-4-3-5-8-13/h3-5,7-8,15,21H,6,9-11H2,1-2H3,(H,25,26). The lowest BCUT2D eigenvalue weighted by atomic mass is 9.93. The van der Waals surface area contributed by atoms with Gasteiger partial charge in [0.1, 0.15) is 11.7 Å². The van der Waals surface area contributed by atoms with Gasteiger partial charge in [0, 0.05) is 31.1 Å². The third kappa shape index (κ3) is 3.27. The van der Waals surface area contributed by atoms with Crippen molar-refractivity contribution in [2.24, 2.45) is 0 Å². The fraction of sp³-hybridized carbons (Fsp3) is 0.350. The number of aromatic amines is 1. The Bertz CT molecular complexity index is 854. The number of carboxylic acid groups (broad SMARTS) is 1. The van der Waals surface area contributed by atoms with Crippen molar-refractivity contribution >= 4 is 17.7 Å². The van der Waals surface area contributed by atoms with E-state index in [4.69, 9.17) is 0 Å². The van der Waals surface area contributed by atoms with E-state index < -0.39 is 17.9 Å². The summed E-state index contributed by atoms with van der Waals surface area (Å²) in [6.07, 6.45) is 2.20. The average molecular weight is 354 g/mol. The minimum atomic E-state index is -1.06. The number of ketones is 1. The maximum Gasteiger partial charge on any atom is 0.326 e. The molecule has 6 heteroatoms. The first-order valence-corrected chi connectivity index (χ1v) is 8.68. The van der Waals surface area contributed by atoms with Crippen molar-refractivity contribution in [3.05, 3.63) is 58.4 Å². The van der Waals surface area contributed by atoms with Gasteiger partial charge in [-0.05, 0) is 30.9 Å². The lowest BCUT2D eigenvalue weighted by Crippen LogP contribution is -2.44. The molecule has 0 saturated carbocycles. The summed E-state index contributed by atoms with van der Waals surface area (Å²) in [5, 5.41) is 9.62. The first kappa shape index (κ1) is 17.9. The highest BCUT2D eigenvalue weighted by molar-refractivity contribution is 6.04. The summed E-state index contributed by atoms with van der Waals surface area (Å²) in [5.41, 5.74) is 3.16. The van der Waals surface area contributed by atoms with Crippen molar-refractivity contribution in [2.75, 3.05) is 7.05 Å². The highest BCUT2D eigenvalue weighted by atomic mass is 16.4. The molecule has 0 fully saturated rings. The summed E-state index contributed by atoms with van der Waals surface area (Å²) >= 11 is 0. The number of hydrogen-bond acceptors (Lipinski definition) is 3. The largest absolute Gasteiger partial charge is 0.480 e. The number of H-pyrrole nitrogens is 1. The summed E-state index contributed by atoms with van der Waals surface area (Å²) in [6.45, 7) is 1.74. The summed E-state index contributed by atoms with van der Waals surface area (Å²) < 4.78 is 0. The Morgan fingerprint density at radius 2 is 1.92 bits per heavy atom. The summed E-state index contributed by atoms with van der Waals surface area (Å²) in [5.74, 6) is -1.43. The van der Waals surface area contributed by atoms with Crippen LogP contribution in [0.4, 0.5) is 0 Å². The molecular formula is C20H22N2O4. The predicted octanol–water partition coefficient (Wildman–Crippen LogP) is 2.61. The molecule has 1 aliphatic rings. The van der Waals surface area contributed by atoms with Gasteiger partial charge in [0.2, 0.25) is 0 Å². The van der Waals surface area contributed by atoms with E-state index in [1.54, 1.807) is 6.92 Å². The van der Waals surface area contributed by atoms with Gasteiger partial charge in [-0.25, -0.2) is 4.79 Å². The molecule has 1 heterocycles. The smallest absolute Gasteiger partial charge is 0.326 e. The monoisotopic (exact) mass is 354 g/mol. The van der Waals surface area contributed by atoms with E-state index in [9.17, 15) is 19.5 Å². The van der Waals surface area contributed by atoms with Crippen LogP contribution < -0.4 is 0 Å². The van der Waals surface area contributed by atoms with E-state index in [-0.39, 0.29) is 12.2 Å². The number of rotatable bonds is 5. The molecule has 0 saturated heterocycles. The number of likely N-dealkylation sites (N-methyl/N-ethyl adjacent to an activating group) is 1. The number of carboxylic acids is 1. The number of aromatic nitrogens is 1. The van der Waals surface area contributed by atoms with Crippen LogP contribution in [0.25, 0.3) is 0 Å². The second kappa shape index (κ2) is 7.15. The molecule has 1 aromatic heterocycles. The lowest BCUT2D eigenvalue weighted by Gasteiger charge is -2.25. The number of hydrogen-bond donors (Lipinski definition) is 2. The fourth-order valence-electron chi connectivity index (χ4n) is 3.53. The lowest BCUT2D eigenvalue weighted by molar-refractivity contribution is -0.141. The third-order valence-corrected chi connectivity index (χ3v) is 5.00. The van der Waals surface area contributed by atoms with E-state index in [2.05, 4.69) is 4.98 Å². The molecule has 0 aliphatic heterocycles. The SMILES string of the molecule is Cc1c(C(=O)N(C)C(Cc2ccccc2)C(=O)O)[nH]c2c1C(=O)CCC2. The maximum atomic E-state index is 12.9. The van der Waals surface area contributed by atoms with Gasteiger partial charge < -0.3 is 15.0 Å². The van der Waals surface area contributed by atoms with Gasteiger partial charge in [0.15, 0.2) is 5.78 Å². The van der Waals surface area contributed by atoms with Crippen molar-refractivity contribution < 1.29 is 19.5 Å². The van der Waals surface area contributed by atoms with Crippen molar-refractivity contribution in [2.45, 2.75) is 38.6 Å². The van der Waals surface area contributed by atoms with Crippen LogP contribution in [0.5, 0.6) is 0 Å². The van der Waals surface area contributed by atoms with Crippen LogP contribution in [0.1, 0.15) is 50.5 Å². The Morgan fingerprint density at radius 3 is 2.54 bits per heavy atom. The molecule has 136 valence electrons. The quantitative estimate of drug-likeness (QED) is 0.863. The van der Waals surface area contributed by atoms with Crippen LogP contribution in [-0.2, 0) is 17.6 Å². The minimum Gasteiger partial charge on any atom is -0.480 e. The van der Waals surface area contributed by atoms with Gasteiger partial charge in [-0.1, -0.05) is 30.3 Å². The number of aliphatic carboxylic acids is 1. The maximum absolute atomic E-state index is 12.9. The van der Waals surface area contributed by atoms with Crippen LogP contribution in [-0.4, -0.2) is 45.7 Å². The number of nitrogens with zero attached hydrogens (tertiary/aromatic N) is 1. The van der Waals surface area contributed by atoms with Gasteiger partial charge in [0.25, 0.3) is 5.91 Å². The Balaban J connectivity index is 1.88. The molecule has 26 heavy (non-hydrogen) atoms. The first-order chi connectivity index (χ1) is 12.4. The molecule has 0 bridgehead atoms. The molecule has 1 atom stereocenters. The van der Waals surface area contributed by atoms with Gasteiger partial charge >= 0.3 is 5.97 Å². The van der Waals surface area contributed by atoms with Gasteiger partial charge in [-0.3, -0.25) is 9.59 Å².